The molecule has 31 heavy (non-hydrogen) atoms. The number of rotatable bonds is 4. The Balaban J connectivity index is 1.55. The van der Waals surface area contributed by atoms with Crippen molar-refractivity contribution in [2.75, 3.05) is 6.54 Å². The van der Waals surface area contributed by atoms with Gasteiger partial charge in [-0.3, -0.25) is 19.3 Å². The molecule has 7 nitrogen and oxygen atoms in total. The minimum Gasteiger partial charge on any atom is -0.465 e. The van der Waals surface area contributed by atoms with Crippen molar-refractivity contribution >= 4 is 23.7 Å². The quantitative estimate of drug-likeness (QED) is 0.765. The summed E-state index contributed by atoms with van der Waals surface area (Å²) in [4.78, 5) is 52.0. The van der Waals surface area contributed by atoms with Gasteiger partial charge in [0.2, 0.25) is 0 Å². The summed E-state index contributed by atoms with van der Waals surface area (Å²) in [7, 11) is 0. The van der Waals surface area contributed by atoms with Crippen LogP contribution in [0.5, 0.6) is 0 Å². The van der Waals surface area contributed by atoms with Gasteiger partial charge in [0.05, 0.1) is 23.2 Å². The molecule has 1 N–H and O–H groups in total. The summed E-state index contributed by atoms with van der Waals surface area (Å²) in [5.41, 5.74) is 1.59. The SMILES string of the molecule is CC1CN(C(=O)O)[C@@](C)(Cc2cccc(CN3C(=O)c4ccccc4C3=O)c2)CC1=O. The van der Waals surface area contributed by atoms with Gasteiger partial charge in [0, 0.05) is 18.9 Å². The van der Waals surface area contributed by atoms with E-state index in [2.05, 4.69) is 0 Å². The molecule has 1 unspecified atom stereocenters. The molecular formula is C24H24N2O5. The van der Waals surface area contributed by atoms with Gasteiger partial charge in [-0.15, -0.1) is 0 Å². The van der Waals surface area contributed by atoms with Crippen LogP contribution in [0.15, 0.2) is 48.5 Å². The second-order valence-electron chi connectivity index (χ2n) is 8.67. The Labute approximate surface area is 180 Å². The number of imide groups is 1. The van der Waals surface area contributed by atoms with Gasteiger partial charge >= 0.3 is 6.09 Å². The molecular weight excluding hydrogens is 396 g/mol. The van der Waals surface area contributed by atoms with E-state index >= 15 is 0 Å². The number of fused-ring (bicyclic) bond motifs is 1. The van der Waals surface area contributed by atoms with Crippen molar-refractivity contribution in [2.45, 2.75) is 38.8 Å². The zero-order valence-corrected chi connectivity index (χ0v) is 17.5. The van der Waals surface area contributed by atoms with E-state index in [1.165, 1.54) is 9.80 Å². The smallest absolute Gasteiger partial charge is 0.407 e. The minimum absolute atomic E-state index is 0.0576. The van der Waals surface area contributed by atoms with Crippen molar-refractivity contribution in [2.24, 2.45) is 5.92 Å². The Bertz CT molecular complexity index is 1060. The number of ketones is 1. The Kier molecular flexibility index (Phi) is 5.13. The van der Waals surface area contributed by atoms with Crippen LogP contribution in [-0.2, 0) is 17.8 Å². The number of carbonyl (C=O) groups excluding carboxylic acids is 3. The second kappa shape index (κ2) is 7.65. The van der Waals surface area contributed by atoms with Crippen molar-refractivity contribution in [3.63, 3.8) is 0 Å². The van der Waals surface area contributed by atoms with Gasteiger partial charge in [0.25, 0.3) is 11.8 Å². The van der Waals surface area contributed by atoms with Crippen LogP contribution in [0.25, 0.3) is 0 Å². The number of carboxylic acid groups (broad SMARTS) is 1. The summed E-state index contributed by atoms with van der Waals surface area (Å²) in [6, 6.07) is 14.2. The fourth-order valence-corrected chi connectivity index (χ4v) is 4.55. The van der Waals surface area contributed by atoms with Crippen LogP contribution in [0.4, 0.5) is 4.79 Å². The van der Waals surface area contributed by atoms with Crippen molar-refractivity contribution in [3.05, 3.63) is 70.8 Å². The predicted octanol–water partition coefficient (Wildman–Crippen LogP) is 3.37. The van der Waals surface area contributed by atoms with Crippen molar-refractivity contribution in [1.82, 2.24) is 9.80 Å². The van der Waals surface area contributed by atoms with Gasteiger partial charge in [0.15, 0.2) is 0 Å². The van der Waals surface area contributed by atoms with E-state index in [0.717, 1.165) is 11.1 Å². The molecule has 3 amide bonds. The number of benzene rings is 2. The van der Waals surface area contributed by atoms with Crippen LogP contribution in [0.1, 0.15) is 52.1 Å². The van der Waals surface area contributed by atoms with E-state index in [0.29, 0.717) is 17.5 Å². The first-order valence-corrected chi connectivity index (χ1v) is 10.3. The van der Waals surface area contributed by atoms with Crippen LogP contribution >= 0.6 is 0 Å². The summed E-state index contributed by atoms with van der Waals surface area (Å²) in [6.07, 6.45) is -0.513. The molecule has 0 bridgehead atoms. The molecule has 4 rings (SSSR count). The lowest BCUT2D eigenvalue weighted by Crippen LogP contribution is -2.58. The first-order chi connectivity index (χ1) is 14.7. The second-order valence-corrected chi connectivity index (χ2v) is 8.67. The van der Waals surface area contributed by atoms with E-state index in [1.807, 2.05) is 24.3 Å². The van der Waals surface area contributed by atoms with Crippen LogP contribution in [0.2, 0.25) is 0 Å². The van der Waals surface area contributed by atoms with Gasteiger partial charge in [-0.1, -0.05) is 43.3 Å². The Morgan fingerprint density at radius 1 is 1.03 bits per heavy atom. The highest BCUT2D eigenvalue weighted by Gasteiger charge is 2.43. The Morgan fingerprint density at radius 2 is 1.65 bits per heavy atom. The molecule has 7 heteroatoms. The number of likely N-dealkylation sites (tertiary alicyclic amines) is 1. The molecule has 0 spiro atoms. The lowest BCUT2D eigenvalue weighted by atomic mass is 9.79. The zero-order valence-electron chi connectivity index (χ0n) is 17.5. The predicted molar refractivity (Wildman–Crippen MR) is 113 cm³/mol. The highest BCUT2D eigenvalue weighted by molar-refractivity contribution is 6.21. The summed E-state index contributed by atoms with van der Waals surface area (Å²) in [5, 5.41) is 9.68. The van der Waals surface area contributed by atoms with E-state index in [1.54, 1.807) is 38.1 Å². The maximum absolute atomic E-state index is 12.6. The standard InChI is InChI=1S/C24H24N2O5/c1-15-13-26(23(30)31)24(2,12-20(15)27)11-16-6-5-7-17(10-16)14-25-21(28)18-8-3-4-9-19(18)22(25)29/h3-10,15H,11-14H2,1-2H3,(H,30,31)/t15?,24-/m0/s1. The molecule has 2 atom stereocenters. The molecule has 2 aromatic rings. The summed E-state index contributed by atoms with van der Waals surface area (Å²) in [6.45, 7) is 3.86. The van der Waals surface area contributed by atoms with Crippen molar-refractivity contribution in [3.8, 4) is 0 Å². The fourth-order valence-electron chi connectivity index (χ4n) is 4.55. The average molecular weight is 420 g/mol. The number of Topliss-reactive ketones (excluding diaryl/α,β-unsaturated/α-hetero) is 1. The van der Waals surface area contributed by atoms with Gasteiger partial charge < -0.3 is 10.0 Å². The normalized spacial score (nSPS) is 23.3. The zero-order chi connectivity index (χ0) is 22.3. The van der Waals surface area contributed by atoms with Gasteiger partial charge in [0.1, 0.15) is 5.78 Å². The molecule has 1 saturated heterocycles. The maximum atomic E-state index is 12.6. The fraction of sp³-hybridized carbons (Fsp3) is 0.333. The molecule has 2 heterocycles. The first-order valence-electron chi connectivity index (χ1n) is 10.3. The number of piperidine rings is 1. The number of nitrogens with zero attached hydrogens (tertiary/aromatic N) is 2. The molecule has 160 valence electrons. The van der Waals surface area contributed by atoms with Crippen LogP contribution in [0, 0.1) is 5.92 Å². The highest BCUT2D eigenvalue weighted by Crippen LogP contribution is 2.32. The topological polar surface area (TPSA) is 95.0 Å². The lowest BCUT2D eigenvalue weighted by Gasteiger charge is -2.44. The number of carbonyl (C=O) groups is 4. The Hall–Kier alpha value is -3.48. The van der Waals surface area contributed by atoms with Crippen LogP contribution < -0.4 is 0 Å². The van der Waals surface area contributed by atoms with E-state index in [-0.39, 0.29) is 43.0 Å². The molecule has 0 aliphatic carbocycles. The van der Waals surface area contributed by atoms with Crippen molar-refractivity contribution in [1.29, 1.82) is 0 Å². The van der Waals surface area contributed by atoms with Crippen LogP contribution in [-0.4, -0.2) is 50.7 Å². The van der Waals surface area contributed by atoms with Gasteiger partial charge in [-0.2, -0.15) is 0 Å². The van der Waals surface area contributed by atoms with E-state index in [4.69, 9.17) is 0 Å². The molecule has 0 aromatic heterocycles. The molecule has 0 saturated carbocycles. The van der Waals surface area contributed by atoms with E-state index in [9.17, 15) is 24.3 Å². The monoisotopic (exact) mass is 420 g/mol. The minimum atomic E-state index is -1.04. The van der Waals surface area contributed by atoms with Gasteiger partial charge in [-0.05, 0) is 36.6 Å². The molecule has 2 aliphatic heterocycles. The third kappa shape index (κ3) is 3.71. The molecule has 2 aliphatic rings. The lowest BCUT2D eigenvalue weighted by molar-refractivity contribution is -0.129. The van der Waals surface area contributed by atoms with Gasteiger partial charge in [-0.25, -0.2) is 4.79 Å². The van der Waals surface area contributed by atoms with Crippen LogP contribution in [0.3, 0.4) is 0 Å². The largest absolute Gasteiger partial charge is 0.465 e. The summed E-state index contributed by atoms with van der Waals surface area (Å²) >= 11 is 0. The summed E-state index contributed by atoms with van der Waals surface area (Å²) in [5.74, 6) is -0.893. The Morgan fingerprint density at radius 3 is 2.26 bits per heavy atom. The maximum Gasteiger partial charge on any atom is 0.407 e. The summed E-state index contributed by atoms with van der Waals surface area (Å²) < 4.78 is 0. The average Bonchev–Trinajstić information content (AvgIpc) is 2.96. The molecule has 1 fully saturated rings. The third-order valence-corrected chi connectivity index (χ3v) is 6.24. The number of hydrogen-bond donors (Lipinski definition) is 1. The molecule has 2 aromatic carbocycles. The van der Waals surface area contributed by atoms with E-state index < -0.39 is 11.6 Å². The number of hydrogen-bond acceptors (Lipinski definition) is 4. The highest BCUT2D eigenvalue weighted by atomic mass is 16.4. The third-order valence-electron chi connectivity index (χ3n) is 6.24. The van der Waals surface area contributed by atoms with Crippen molar-refractivity contribution < 1.29 is 24.3 Å². The first kappa shape index (κ1) is 20.8. The molecule has 0 radical (unpaired) electrons. The number of amides is 3.